The van der Waals surface area contributed by atoms with E-state index in [1.807, 2.05) is 0 Å². The Morgan fingerprint density at radius 1 is 1.06 bits per heavy atom. The monoisotopic (exact) mass is 425 g/mol. The Labute approximate surface area is 179 Å². The van der Waals surface area contributed by atoms with E-state index < -0.39 is 29.8 Å². The summed E-state index contributed by atoms with van der Waals surface area (Å²) in [6.45, 7) is 3.29. The van der Waals surface area contributed by atoms with Gasteiger partial charge in [-0.05, 0) is 36.1 Å². The molecule has 3 rings (SSSR count). The van der Waals surface area contributed by atoms with Crippen molar-refractivity contribution in [3.63, 3.8) is 0 Å². The van der Waals surface area contributed by atoms with Crippen LogP contribution >= 0.6 is 0 Å². The van der Waals surface area contributed by atoms with Crippen LogP contribution < -0.4 is 10.6 Å². The van der Waals surface area contributed by atoms with Gasteiger partial charge in [0.25, 0.3) is 5.91 Å². The van der Waals surface area contributed by atoms with Gasteiger partial charge in [-0.15, -0.1) is 0 Å². The molecule has 1 aliphatic rings. The average Bonchev–Trinajstić information content (AvgIpc) is 2.99. The molecule has 0 unspecified atom stereocenters. The first kappa shape index (κ1) is 22.1. The predicted octanol–water partition coefficient (Wildman–Crippen LogP) is 2.54. The summed E-state index contributed by atoms with van der Waals surface area (Å²) in [5.74, 6) is -1.46. The van der Waals surface area contributed by atoms with E-state index >= 15 is 0 Å². The Kier molecular flexibility index (Phi) is 6.48. The van der Waals surface area contributed by atoms with Crippen molar-refractivity contribution in [2.75, 3.05) is 13.1 Å². The van der Waals surface area contributed by atoms with E-state index in [2.05, 4.69) is 10.6 Å². The van der Waals surface area contributed by atoms with E-state index in [0.717, 1.165) is 10.5 Å². The molecule has 2 N–H and O–H groups in total. The first-order valence-corrected chi connectivity index (χ1v) is 10.0. The number of urea groups is 1. The van der Waals surface area contributed by atoms with Crippen molar-refractivity contribution in [2.24, 2.45) is 0 Å². The molecule has 1 fully saturated rings. The minimum atomic E-state index is -1.32. The maximum atomic E-state index is 13.3. The van der Waals surface area contributed by atoms with E-state index in [-0.39, 0.29) is 18.1 Å². The number of ketones is 1. The fraction of sp³-hybridized carbons (Fsp3) is 0.304. The fourth-order valence-corrected chi connectivity index (χ4v) is 3.62. The van der Waals surface area contributed by atoms with E-state index in [4.69, 9.17) is 0 Å². The minimum absolute atomic E-state index is 0.107. The quantitative estimate of drug-likeness (QED) is 0.502. The van der Waals surface area contributed by atoms with Crippen molar-refractivity contribution in [1.29, 1.82) is 0 Å². The number of amides is 4. The largest absolute Gasteiger partial charge is 0.356 e. The standard InChI is InChI=1S/C23H24FN3O4/c1-3-23(18-8-10-19(24)11-9-18)21(30)27(22(31)26-23)14-20(29)17-6-4-16(5-7-17)12-13-25-15(2)28/h4-11H,3,12-14H2,1-2H3,(H,25,28)(H,26,31)/t23-/m0/s1. The summed E-state index contributed by atoms with van der Waals surface area (Å²) in [6, 6.07) is 11.5. The van der Waals surface area contributed by atoms with Crippen molar-refractivity contribution >= 4 is 23.6 Å². The molecule has 0 aliphatic carbocycles. The summed E-state index contributed by atoms with van der Waals surface area (Å²) in [6.07, 6.45) is 0.884. The lowest BCUT2D eigenvalue weighted by molar-refractivity contribution is -0.131. The van der Waals surface area contributed by atoms with Crippen molar-refractivity contribution in [3.8, 4) is 0 Å². The molecule has 0 spiro atoms. The molecular formula is C23H24FN3O4. The molecule has 0 radical (unpaired) electrons. The number of hydrogen-bond acceptors (Lipinski definition) is 4. The fourth-order valence-electron chi connectivity index (χ4n) is 3.62. The Hall–Kier alpha value is -3.55. The first-order chi connectivity index (χ1) is 14.8. The Morgan fingerprint density at radius 3 is 2.29 bits per heavy atom. The zero-order chi connectivity index (χ0) is 22.6. The Bertz CT molecular complexity index is 1000. The number of nitrogens with zero attached hydrogens (tertiary/aromatic N) is 1. The third kappa shape index (κ3) is 4.63. The smallest absolute Gasteiger partial charge is 0.325 e. The van der Waals surface area contributed by atoms with Crippen LogP contribution in [0.2, 0.25) is 0 Å². The van der Waals surface area contributed by atoms with Crippen LogP contribution in [0.5, 0.6) is 0 Å². The van der Waals surface area contributed by atoms with E-state index in [1.165, 1.54) is 31.2 Å². The molecule has 1 heterocycles. The van der Waals surface area contributed by atoms with Gasteiger partial charge in [0.1, 0.15) is 11.4 Å². The second-order valence-corrected chi connectivity index (χ2v) is 7.44. The Balaban J connectivity index is 1.71. The van der Waals surface area contributed by atoms with Crippen LogP contribution in [0.1, 0.15) is 41.8 Å². The van der Waals surface area contributed by atoms with Gasteiger partial charge in [0.2, 0.25) is 5.91 Å². The highest BCUT2D eigenvalue weighted by Crippen LogP contribution is 2.32. The van der Waals surface area contributed by atoms with E-state index in [1.54, 1.807) is 31.2 Å². The molecule has 2 aromatic carbocycles. The molecule has 0 saturated carbocycles. The van der Waals surface area contributed by atoms with E-state index in [9.17, 15) is 23.6 Å². The number of rotatable bonds is 8. The van der Waals surface area contributed by atoms with Gasteiger partial charge in [0.05, 0.1) is 6.54 Å². The third-order valence-electron chi connectivity index (χ3n) is 5.41. The number of hydrogen-bond donors (Lipinski definition) is 2. The average molecular weight is 425 g/mol. The number of benzene rings is 2. The van der Waals surface area contributed by atoms with Crippen LogP contribution in [-0.4, -0.2) is 41.6 Å². The van der Waals surface area contributed by atoms with Crippen molar-refractivity contribution in [2.45, 2.75) is 32.2 Å². The lowest BCUT2D eigenvalue weighted by Gasteiger charge is -2.25. The number of nitrogens with one attached hydrogen (secondary N) is 2. The third-order valence-corrected chi connectivity index (χ3v) is 5.41. The Morgan fingerprint density at radius 2 is 1.71 bits per heavy atom. The summed E-state index contributed by atoms with van der Waals surface area (Å²) < 4.78 is 13.3. The highest BCUT2D eigenvalue weighted by atomic mass is 19.1. The number of halogens is 1. The normalized spacial score (nSPS) is 18.1. The number of Topliss-reactive ketones (excluding diaryl/α,β-unsaturated/α-hetero) is 1. The summed E-state index contributed by atoms with van der Waals surface area (Å²) in [5, 5.41) is 5.38. The second kappa shape index (κ2) is 9.07. The molecule has 0 aromatic heterocycles. The molecule has 0 bridgehead atoms. The summed E-state index contributed by atoms with van der Waals surface area (Å²) >= 11 is 0. The topological polar surface area (TPSA) is 95.6 Å². The summed E-state index contributed by atoms with van der Waals surface area (Å²) in [5.41, 5.74) is 0.466. The zero-order valence-electron chi connectivity index (χ0n) is 17.4. The lowest BCUT2D eigenvalue weighted by Crippen LogP contribution is -2.43. The molecule has 1 aliphatic heterocycles. The minimum Gasteiger partial charge on any atom is -0.356 e. The predicted molar refractivity (Wildman–Crippen MR) is 112 cm³/mol. The van der Waals surface area contributed by atoms with E-state index in [0.29, 0.717) is 24.1 Å². The van der Waals surface area contributed by atoms with Crippen molar-refractivity contribution in [1.82, 2.24) is 15.5 Å². The molecule has 7 nitrogen and oxygen atoms in total. The summed E-state index contributed by atoms with van der Waals surface area (Å²) in [7, 11) is 0. The van der Waals surface area contributed by atoms with Crippen LogP contribution in [0.3, 0.4) is 0 Å². The highest BCUT2D eigenvalue weighted by molar-refractivity contribution is 6.11. The maximum Gasteiger partial charge on any atom is 0.325 e. The maximum absolute atomic E-state index is 13.3. The molecule has 8 heteroatoms. The van der Waals surface area contributed by atoms with Gasteiger partial charge in [-0.3, -0.25) is 19.3 Å². The first-order valence-electron chi connectivity index (χ1n) is 10.0. The van der Waals surface area contributed by atoms with Gasteiger partial charge in [-0.2, -0.15) is 0 Å². The van der Waals surface area contributed by atoms with Crippen LogP contribution in [0.25, 0.3) is 0 Å². The van der Waals surface area contributed by atoms with Crippen LogP contribution in [0.15, 0.2) is 48.5 Å². The van der Waals surface area contributed by atoms with Gasteiger partial charge >= 0.3 is 6.03 Å². The number of carbonyl (C=O) groups excluding carboxylic acids is 4. The molecule has 4 amide bonds. The number of imide groups is 1. The van der Waals surface area contributed by atoms with Crippen LogP contribution in [0.4, 0.5) is 9.18 Å². The van der Waals surface area contributed by atoms with Gasteiger partial charge in [-0.25, -0.2) is 9.18 Å². The lowest BCUT2D eigenvalue weighted by atomic mass is 9.87. The second-order valence-electron chi connectivity index (χ2n) is 7.44. The molecule has 1 atom stereocenters. The van der Waals surface area contributed by atoms with Crippen LogP contribution in [0, 0.1) is 5.82 Å². The van der Waals surface area contributed by atoms with Gasteiger partial charge < -0.3 is 10.6 Å². The van der Waals surface area contributed by atoms with Gasteiger partial charge in [-0.1, -0.05) is 43.3 Å². The molecule has 1 saturated heterocycles. The molecule has 2 aromatic rings. The van der Waals surface area contributed by atoms with Gasteiger partial charge in [0.15, 0.2) is 5.78 Å². The molecular weight excluding hydrogens is 401 g/mol. The molecule has 31 heavy (non-hydrogen) atoms. The van der Waals surface area contributed by atoms with Crippen LogP contribution in [-0.2, 0) is 21.5 Å². The van der Waals surface area contributed by atoms with Crippen molar-refractivity contribution in [3.05, 3.63) is 71.0 Å². The number of carbonyl (C=O) groups is 4. The summed E-state index contributed by atoms with van der Waals surface area (Å²) in [4.78, 5) is 50.2. The highest BCUT2D eigenvalue weighted by Gasteiger charge is 2.51. The van der Waals surface area contributed by atoms with Crippen molar-refractivity contribution < 1.29 is 23.6 Å². The van der Waals surface area contributed by atoms with Gasteiger partial charge in [0, 0.05) is 19.0 Å². The molecule has 162 valence electrons. The SMILES string of the molecule is CC[C@@]1(c2ccc(F)cc2)NC(=O)N(CC(=O)c2ccc(CCNC(C)=O)cc2)C1=O. The zero-order valence-corrected chi connectivity index (χ0v) is 17.4.